The Balaban J connectivity index is 1.91. The summed E-state index contributed by atoms with van der Waals surface area (Å²) in [6, 6.07) is 11.1. The number of hydrogen-bond donors (Lipinski definition) is 0. The molecule has 0 bridgehead atoms. The van der Waals surface area contributed by atoms with Gasteiger partial charge in [0.15, 0.2) is 0 Å². The molecule has 0 N–H and O–H groups in total. The van der Waals surface area contributed by atoms with E-state index in [9.17, 15) is 4.79 Å². The van der Waals surface area contributed by atoms with Gasteiger partial charge in [0.25, 0.3) is 0 Å². The Hall–Kier alpha value is -1.15. The summed E-state index contributed by atoms with van der Waals surface area (Å²) in [6.45, 7) is 3.62. The Bertz CT molecular complexity index is 356. The van der Waals surface area contributed by atoms with E-state index in [1.165, 1.54) is 18.4 Å². The number of rotatable bonds is 7. The van der Waals surface area contributed by atoms with Crippen molar-refractivity contribution in [3.63, 3.8) is 0 Å². The van der Waals surface area contributed by atoms with Crippen LogP contribution in [0.4, 0.5) is 0 Å². The van der Waals surface area contributed by atoms with Crippen LogP contribution in [0, 0.1) is 0 Å². The zero-order valence-electron chi connectivity index (χ0n) is 10.6. The number of hydrogen-bond acceptors (Lipinski definition) is 2. The number of Topliss-reactive ketones (excluding diaryl/α,β-unsaturated/α-hetero) is 1. The predicted octanol–water partition coefficient (Wildman–Crippen LogP) is 3.02. The van der Waals surface area contributed by atoms with Crippen LogP contribution in [-0.4, -0.2) is 23.3 Å². The van der Waals surface area contributed by atoms with E-state index in [4.69, 9.17) is 0 Å². The van der Waals surface area contributed by atoms with Crippen molar-refractivity contribution >= 4 is 5.78 Å². The van der Waals surface area contributed by atoms with Gasteiger partial charge in [0.05, 0.1) is 6.54 Å². The largest absolute Gasteiger partial charge is 0.298 e. The van der Waals surface area contributed by atoms with Crippen LogP contribution in [0.25, 0.3) is 0 Å². The van der Waals surface area contributed by atoms with Crippen LogP contribution >= 0.6 is 0 Å². The molecule has 0 amide bonds. The van der Waals surface area contributed by atoms with Gasteiger partial charge < -0.3 is 0 Å². The van der Waals surface area contributed by atoms with Crippen molar-refractivity contribution in [3.8, 4) is 0 Å². The topological polar surface area (TPSA) is 20.3 Å². The van der Waals surface area contributed by atoms with Crippen LogP contribution < -0.4 is 0 Å². The smallest absolute Gasteiger partial charge is 0.146 e. The normalized spacial score (nSPS) is 15.2. The monoisotopic (exact) mass is 231 g/mol. The van der Waals surface area contributed by atoms with Crippen LogP contribution in [0.2, 0.25) is 0 Å². The maximum absolute atomic E-state index is 11.7. The molecular formula is C15H21NO. The van der Waals surface area contributed by atoms with Gasteiger partial charge in [-0.05, 0) is 24.8 Å². The average Bonchev–Trinajstić information content (AvgIpc) is 3.14. The zero-order valence-corrected chi connectivity index (χ0v) is 10.6. The quantitative estimate of drug-likeness (QED) is 0.719. The van der Waals surface area contributed by atoms with E-state index in [0.717, 1.165) is 19.4 Å². The minimum atomic E-state index is 0.385. The number of carbonyl (C=O) groups excluding carboxylic acids is 1. The van der Waals surface area contributed by atoms with Gasteiger partial charge in [0.1, 0.15) is 5.78 Å². The van der Waals surface area contributed by atoms with Gasteiger partial charge in [-0.2, -0.15) is 0 Å². The molecule has 1 aliphatic carbocycles. The number of nitrogens with zero attached hydrogens (tertiary/aromatic N) is 1. The molecule has 2 heteroatoms. The molecule has 1 saturated carbocycles. The van der Waals surface area contributed by atoms with Crippen molar-refractivity contribution in [1.82, 2.24) is 4.90 Å². The molecule has 1 aromatic carbocycles. The fourth-order valence-electron chi connectivity index (χ4n) is 2.16. The molecule has 0 spiro atoms. The van der Waals surface area contributed by atoms with Crippen molar-refractivity contribution < 1.29 is 4.79 Å². The van der Waals surface area contributed by atoms with Crippen LogP contribution in [0.3, 0.4) is 0 Å². The average molecular weight is 231 g/mol. The Labute approximate surface area is 104 Å². The van der Waals surface area contributed by atoms with Gasteiger partial charge in [-0.15, -0.1) is 0 Å². The SMILES string of the molecule is CCCC(=O)CN(Cc1ccccc1)C1CC1. The molecule has 0 radical (unpaired) electrons. The van der Waals surface area contributed by atoms with E-state index in [0.29, 0.717) is 18.4 Å². The van der Waals surface area contributed by atoms with Crippen LogP contribution in [0.15, 0.2) is 30.3 Å². The first-order chi connectivity index (χ1) is 8.29. The van der Waals surface area contributed by atoms with Crippen molar-refractivity contribution in [3.05, 3.63) is 35.9 Å². The molecule has 92 valence electrons. The van der Waals surface area contributed by atoms with E-state index in [2.05, 4.69) is 36.1 Å². The van der Waals surface area contributed by atoms with Crippen LogP contribution in [-0.2, 0) is 11.3 Å². The highest BCUT2D eigenvalue weighted by Crippen LogP contribution is 2.28. The summed E-state index contributed by atoms with van der Waals surface area (Å²) in [7, 11) is 0. The fourth-order valence-corrected chi connectivity index (χ4v) is 2.16. The van der Waals surface area contributed by atoms with Crippen molar-refractivity contribution in [2.24, 2.45) is 0 Å². The van der Waals surface area contributed by atoms with Gasteiger partial charge >= 0.3 is 0 Å². The summed E-state index contributed by atoms with van der Waals surface area (Å²) in [4.78, 5) is 14.1. The molecule has 2 nitrogen and oxygen atoms in total. The van der Waals surface area contributed by atoms with E-state index in [1.54, 1.807) is 0 Å². The highest BCUT2D eigenvalue weighted by atomic mass is 16.1. The lowest BCUT2D eigenvalue weighted by Gasteiger charge is -2.21. The lowest BCUT2D eigenvalue weighted by Crippen LogP contribution is -2.31. The Morgan fingerprint density at radius 2 is 2.00 bits per heavy atom. The lowest BCUT2D eigenvalue weighted by molar-refractivity contribution is -0.120. The predicted molar refractivity (Wildman–Crippen MR) is 69.8 cm³/mol. The minimum Gasteiger partial charge on any atom is -0.298 e. The second kappa shape index (κ2) is 5.97. The third-order valence-corrected chi connectivity index (χ3v) is 3.20. The highest BCUT2D eigenvalue weighted by Gasteiger charge is 2.29. The molecule has 0 heterocycles. The first-order valence-corrected chi connectivity index (χ1v) is 6.59. The fraction of sp³-hybridized carbons (Fsp3) is 0.533. The molecule has 0 aromatic heterocycles. The number of benzene rings is 1. The van der Waals surface area contributed by atoms with Crippen molar-refractivity contribution in [2.45, 2.75) is 45.2 Å². The summed E-state index contributed by atoms with van der Waals surface area (Å²) in [6.07, 6.45) is 4.19. The molecule has 1 aromatic rings. The van der Waals surface area contributed by atoms with Crippen molar-refractivity contribution in [2.75, 3.05) is 6.54 Å². The number of carbonyl (C=O) groups is 1. The molecule has 1 fully saturated rings. The maximum Gasteiger partial charge on any atom is 0.146 e. The maximum atomic E-state index is 11.7. The molecular weight excluding hydrogens is 210 g/mol. The van der Waals surface area contributed by atoms with Crippen molar-refractivity contribution in [1.29, 1.82) is 0 Å². The van der Waals surface area contributed by atoms with E-state index >= 15 is 0 Å². The van der Waals surface area contributed by atoms with Gasteiger partial charge in [0.2, 0.25) is 0 Å². The standard InChI is InChI=1S/C15H21NO/c1-2-6-15(17)12-16(14-9-10-14)11-13-7-4-3-5-8-13/h3-5,7-8,14H,2,6,9-12H2,1H3. The molecule has 0 saturated heterocycles. The lowest BCUT2D eigenvalue weighted by atomic mass is 10.2. The highest BCUT2D eigenvalue weighted by molar-refractivity contribution is 5.80. The van der Waals surface area contributed by atoms with Crippen LogP contribution in [0.5, 0.6) is 0 Å². The summed E-state index contributed by atoms with van der Waals surface area (Å²) in [5.74, 6) is 0.385. The summed E-state index contributed by atoms with van der Waals surface area (Å²) < 4.78 is 0. The van der Waals surface area contributed by atoms with Crippen LogP contribution in [0.1, 0.15) is 38.2 Å². The third-order valence-electron chi connectivity index (χ3n) is 3.20. The number of ketones is 1. The van der Waals surface area contributed by atoms with E-state index < -0.39 is 0 Å². The molecule has 17 heavy (non-hydrogen) atoms. The minimum absolute atomic E-state index is 0.385. The Kier molecular flexibility index (Phi) is 4.32. The first-order valence-electron chi connectivity index (χ1n) is 6.59. The van der Waals surface area contributed by atoms with E-state index in [1.807, 2.05) is 6.07 Å². The Morgan fingerprint density at radius 1 is 1.29 bits per heavy atom. The summed E-state index contributed by atoms with van der Waals surface area (Å²) >= 11 is 0. The molecule has 2 rings (SSSR count). The molecule has 0 atom stereocenters. The second-order valence-corrected chi connectivity index (χ2v) is 4.91. The van der Waals surface area contributed by atoms with Gasteiger partial charge in [-0.25, -0.2) is 0 Å². The third kappa shape index (κ3) is 3.97. The van der Waals surface area contributed by atoms with E-state index in [-0.39, 0.29) is 0 Å². The molecule has 0 unspecified atom stereocenters. The molecule has 0 aliphatic heterocycles. The Morgan fingerprint density at radius 3 is 2.59 bits per heavy atom. The molecule has 1 aliphatic rings. The summed E-state index contributed by atoms with van der Waals surface area (Å²) in [5.41, 5.74) is 1.31. The van der Waals surface area contributed by atoms with Gasteiger partial charge in [-0.3, -0.25) is 9.69 Å². The second-order valence-electron chi connectivity index (χ2n) is 4.91. The summed E-state index contributed by atoms with van der Waals surface area (Å²) in [5, 5.41) is 0. The first kappa shape index (κ1) is 12.3. The van der Waals surface area contributed by atoms with Gasteiger partial charge in [-0.1, -0.05) is 37.3 Å². The van der Waals surface area contributed by atoms with Gasteiger partial charge in [0, 0.05) is 19.0 Å². The zero-order chi connectivity index (χ0) is 12.1.